The maximum Gasteiger partial charge on any atom is 0.161 e. The van der Waals surface area contributed by atoms with Gasteiger partial charge in [0.2, 0.25) is 0 Å². The predicted octanol–water partition coefficient (Wildman–Crippen LogP) is 1.45. The first-order chi connectivity index (χ1) is 7.18. The fraction of sp³-hybridized carbons (Fsp3) is 0. The Kier molecular flexibility index (Phi) is 2.21. The summed E-state index contributed by atoms with van der Waals surface area (Å²) in [4.78, 5) is 7.96. The number of aromatic nitrogens is 2. The van der Waals surface area contributed by atoms with Crippen molar-refractivity contribution in [3.05, 3.63) is 36.4 Å². The van der Waals surface area contributed by atoms with Crippen molar-refractivity contribution in [3.8, 4) is 11.4 Å². The Bertz CT molecular complexity index is 484. The summed E-state index contributed by atoms with van der Waals surface area (Å²) in [7, 11) is 0. The standard InChI is InChI=1S/C10H9FN4/c11-6-4-7(9(13)8(12)5-6)10-14-2-1-3-15-10/h1-5H,12-13H2. The summed E-state index contributed by atoms with van der Waals surface area (Å²) >= 11 is 0. The fourth-order valence-electron chi connectivity index (χ4n) is 1.26. The van der Waals surface area contributed by atoms with Crippen molar-refractivity contribution < 1.29 is 4.39 Å². The van der Waals surface area contributed by atoms with Crippen LogP contribution < -0.4 is 11.5 Å². The molecule has 1 heterocycles. The van der Waals surface area contributed by atoms with Crippen molar-refractivity contribution >= 4 is 11.4 Å². The number of anilines is 2. The van der Waals surface area contributed by atoms with Gasteiger partial charge >= 0.3 is 0 Å². The number of nitrogens with two attached hydrogens (primary N) is 2. The third-order valence-corrected chi connectivity index (χ3v) is 1.98. The minimum absolute atomic E-state index is 0.192. The van der Waals surface area contributed by atoms with Gasteiger partial charge in [0.1, 0.15) is 5.82 Å². The zero-order valence-electron chi connectivity index (χ0n) is 7.81. The fourth-order valence-corrected chi connectivity index (χ4v) is 1.26. The highest BCUT2D eigenvalue weighted by Crippen LogP contribution is 2.28. The SMILES string of the molecule is Nc1cc(F)cc(-c2ncccn2)c1N. The molecule has 15 heavy (non-hydrogen) atoms. The van der Waals surface area contributed by atoms with E-state index < -0.39 is 5.82 Å². The van der Waals surface area contributed by atoms with Gasteiger partial charge in [-0.25, -0.2) is 14.4 Å². The highest BCUT2D eigenvalue weighted by atomic mass is 19.1. The van der Waals surface area contributed by atoms with Gasteiger partial charge in [-0.1, -0.05) is 0 Å². The minimum atomic E-state index is -0.454. The van der Waals surface area contributed by atoms with E-state index in [1.54, 1.807) is 18.5 Å². The molecule has 5 heteroatoms. The minimum Gasteiger partial charge on any atom is -0.397 e. The Labute approximate surface area is 85.8 Å². The lowest BCUT2D eigenvalue weighted by Crippen LogP contribution is -2.00. The molecule has 0 saturated heterocycles. The summed E-state index contributed by atoms with van der Waals surface area (Å²) in [5.74, 6) is -0.0923. The molecule has 1 aromatic carbocycles. The van der Waals surface area contributed by atoms with Gasteiger partial charge in [-0.2, -0.15) is 0 Å². The summed E-state index contributed by atoms with van der Waals surface area (Å²) in [6.07, 6.45) is 3.12. The number of nitrogens with zero attached hydrogens (tertiary/aromatic N) is 2. The molecule has 4 N–H and O–H groups in total. The Balaban J connectivity index is 2.63. The lowest BCUT2D eigenvalue weighted by molar-refractivity contribution is 0.629. The molecule has 0 radical (unpaired) electrons. The second kappa shape index (κ2) is 3.53. The van der Waals surface area contributed by atoms with E-state index in [4.69, 9.17) is 11.5 Å². The van der Waals surface area contributed by atoms with Crippen LogP contribution in [0.15, 0.2) is 30.6 Å². The monoisotopic (exact) mass is 204 g/mol. The number of hydrogen-bond acceptors (Lipinski definition) is 4. The van der Waals surface area contributed by atoms with Gasteiger partial charge < -0.3 is 11.5 Å². The van der Waals surface area contributed by atoms with Crippen LogP contribution in [0.25, 0.3) is 11.4 Å². The van der Waals surface area contributed by atoms with E-state index >= 15 is 0 Å². The molecule has 0 amide bonds. The predicted molar refractivity (Wildman–Crippen MR) is 56.3 cm³/mol. The zero-order chi connectivity index (χ0) is 10.8. The van der Waals surface area contributed by atoms with Gasteiger partial charge in [-0.15, -0.1) is 0 Å². The molecular weight excluding hydrogens is 195 g/mol. The third-order valence-electron chi connectivity index (χ3n) is 1.98. The molecule has 0 unspecified atom stereocenters. The summed E-state index contributed by atoms with van der Waals surface area (Å²) in [5, 5.41) is 0. The van der Waals surface area contributed by atoms with Gasteiger partial charge in [-0.3, -0.25) is 0 Å². The van der Waals surface area contributed by atoms with Crippen LogP contribution in [-0.2, 0) is 0 Å². The van der Waals surface area contributed by atoms with Crippen LogP contribution in [-0.4, -0.2) is 9.97 Å². The Morgan fingerprint density at radius 3 is 2.40 bits per heavy atom. The number of hydrogen-bond donors (Lipinski definition) is 2. The first kappa shape index (κ1) is 9.39. The Morgan fingerprint density at radius 1 is 1.07 bits per heavy atom. The molecule has 0 bridgehead atoms. The lowest BCUT2D eigenvalue weighted by atomic mass is 10.1. The van der Waals surface area contributed by atoms with Crippen molar-refractivity contribution in [2.45, 2.75) is 0 Å². The van der Waals surface area contributed by atoms with Crippen LogP contribution in [0, 0.1) is 5.82 Å². The van der Waals surface area contributed by atoms with Gasteiger partial charge in [0.25, 0.3) is 0 Å². The molecule has 0 aliphatic rings. The largest absolute Gasteiger partial charge is 0.397 e. The molecule has 2 rings (SSSR count). The van der Waals surface area contributed by atoms with E-state index in [0.717, 1.165) is 0 Å². The second-order valence-corrected chi connectivity index (χ2v) is 3.03. The molecule has 1 aromatic heterocycles. The van der Waals surface area contributed by atoms with Crippen molar-refractivity contribution in [1.82, 2.24) is 9.97 Å². The van der Waals surface area contributed by atoms with Crippen LogP contribution in [0.4, 0.5) is 15.8 Å². The average molecular weight is 204 g/mol. The van der Waals surface area contributed by atoms with Crippen LogP contribution >= 0.6 is 0 Å². The number of halogens is 1. The smallest absolute Gasteiger partial charge is 0.161 e. The molecule has 0 saturated carbocycles. The van der Waals surface area contributed by atoms with E-state index in [1.165, 1.54) is 12.1 Å². The van der Waals surface area contributed by atoms with E-state index in [-0.39, 0.29) is 5.69 Å². The molecule has 0 atom stereocenters. The molecule has 0 aliphatic carbocycles. The molecule has 0 aliphatic heterocycles. The molecular formula is C10H9FN4. The Morgan fingerprint density at radius 2 is 1.73 bits per heavy atom. The van der Waals surface area contributed by atoms with Crippen LogP contribution in [0.3, 0.4) is 0 Å². The highest BCUT2D eigenvalue weighted by Gasteiger charge is 2.09. The average Bonchev–Trinajstić information content (AvgIpc) is 2.24. The number of nitrogen functional groups attached to an aromatic ring is 2. The molecule has 2 aromatic rings. The van der Waals surface area contributed by atoms with Gasteiger partial charge in [-0.05, 0) is 18.2 Å². The summed E-state index contributed by atoms with van der Waals surface area (Å²) in [6.45, 7) is 0. The maximum atomic E-state index is 13.1. The quantitative estimate of drug-likeness (QED) is 0.689. The van der Waals surface area contributed by atoms with E-state index in [2.05, 4.69) is 9.97 Å². The topological polar surface area (TPSA) is 77.8 Å². The van der Waals surface area contributed by atoms with E-state index in [9.17, 15) is 4.39 Å². The second-order valence-electron chi connectivity index (χ2n) is 3.03. The van der Waals surface area contributed by atoms with Crippen molar-refractivity contribution in [2.75, 3.05) is 11.5 Å². The highest BCUT2D eigenvalue weighted by molar-refractivity contribution is 5.81. The zero-order valence-corrected chi connectivity index (χ0v) is 7.81. The first-order valence-corrected chi connectivity index (χ1v) is 4.30. The van der Waals surface area contributed by atoms with Crippen LogP contribution in [0.2, 0.25) is 0 Å². The van der Waals surface area contributed by atoms with E-state index in [1.807, 2.05) is 0 Å². The first-order valence-electron chi connectivity index (χ1n) is 4.30. The van der Waals surface area contributed by atoms with Gasteiger partial charge in [0, 0.05) is 18.0 Å². The van der Waals surface area contributed by atoms with Gasteiger partial charge in [0.05, 0.1) is 11.4 Å². The van der Waals surface area contributed by atoms with Gasteiger partial charge in [0.15, 0.2) is 5.82 Å². The molecule has 0 spiro atoms. The van der Waals surface area contributed by atoms with Crippen LogP contribution in [0.5, 0.6) is 0 Å². The molecule has 0 fully saturated rings. The maximum absolute atomic E-state index is 13.1. The molecule has 4 nitrogen and oxygen atoms in total. The summed E-state index contributed by atoms with van der Waals surface area (Å²) in [5.41, 5.74) is 12.1. The van der Waals surface area contributed by atoms with Crippen molar-refractivity contribution in [3.63, 3.8) is 0 Å². The number of rotatable bonds is 1. The summed E-state index contributed by atoms with van der Waals surface area (Å²) < 4.78 is 13.1. The van der Waals surface area contributed by atoms with Crippen LogP contribution in [0.1, 0.15) is 0 Å². The summed E-state index contributed by atoms with van der Waals surface area (Å²) in [6, 6.07) is 4.10. The Hall–Kier alpha value is -2.17. The van der Waals surface area contributed by atoms with Crippen molar-refractivity contribution in [1.29, 1.82) is 0 Å². The normalized spacial score (nSPS) is 10.2. The number of benzene rings is 1. The third kappa shape index (κ3) is 1.71. The van der Waals surface area contributed by atoms with E-state index in [0.29, 0.717) is 17.1 Å². The molecule has 76 valence electrons. The lowest BCUT2D eigenvalue weighted by Gasteiger charge is -2.06. The van der Waals surface area contributed by atoms with Crippen molar-refractivity contribution in [2.24, 2.45) is 0 Å².